The van der Waals surface area contributed by atoms with Crippen molar-refractivity contribution in [1.82, 2.24) is 0 Å². The molecule has 0 heterocycles. The van der Waals surface area contributed by atoms with Gasteiger partial charge in [-0.2, -0.15) is 0 Å². The molecular formula is C17H16FNO4. The predicted molar refractivity (Wildman–Crippen MR) is 83.0 cm³/mol. The molecule has 0 saturated carbocycles. The van der Waals surface area contributed by atoms with Crippen LogP contribution in [0.15, 0.2) is 48.5 Å². The van der Waals surface area contributed by atoms with E-state index in [0.29, 0.717) is 23.6 Å². The van der Waals surface area contributed by atoms with Gasteiger partial charge in [0, 0.05) is 24.6 Å². The van der Waals surface area contributed by atoms with E-state index >= 15 is 0 Å². The van der Waals surface area contributed by atoms with Gasteiger partial charge in [-0.1, -0.05) is 6.07 Å². The van der Waals surface area contributed by atoms with Crippen LogP contribution in [0.1, 0.15) is 19.3 Å². The minimum Gasteiger partial charge on any atom is -0.481 e. The maximum Gasteiger partial charge on any atom is 0.303 e. The van der Waals surface area contributed by atoms with Gasteiger partial charge in [0.15, 0.2) is 0 Å². The number of ether oxygens (including phenoxy) is 1. The molecule has 5 nitrogen and oxygen atoms in total. The second kappa shape index (κ2) is 7.93. The first-order chi connectivity index (χ1) is 11.0. The minimum atomic E-state index is -0.920. The molecule has 2 rings (SSSR count). The van der Waals surface area contributed by atoms with Crippen molar-refractivity contribution in [3.05, 3.63) is 54.3 Å². The Labute approximate surface area is 132 Å². The number of halogens is 1. The first-order valence-electron chi connectivity index (χ1n) is 7.08. The van der Waals surface area contributed by atoms with Gasteiger partial charge in [-0.15, -0.1) is 0 Å². The third-order valence-electron chi connectivity index (χ3n) is 2.96. The molecule has 0 atom stereocenters. The summed E-state index contributed by atoms with van der Waals surface area (Å²) in [5.74, 6) is -0.649. The van der Waals surface area contributed by atoms with Crippen molar-refractivity contribution >= 4 is 17.6 Å². The van der Waals surface area contributed by atoms with Crippen molar-refractivity contribution < 1.29 is 23.8 Å². The van der Waals surface area contributed by atoms with Crippen molar-refractivity contribution in [2.45, 2.75) is 19.3 Å². The molecule has 120 valence electrons. The second-order valence-electron chi connectivity index (χ2n) is 4.88. The number of nitrogens with one attached hydrogen (secondary N) is 1. The summed E-state index contributed by atoms with van der Waals surface area (Å²) in [7, 11) is 0. The normalized spacial score (nSPS) is 10.1. The average Bonchev–Trinajstić information content (AvgIpc) is 2.49. The number of aliphatic carboxylic acids is 1. The Morgan fingerprint density at radius 2 is 1.78 bits per heavy atom. The fourth-order valence-corrected chi connectivity index (χ4v) is 1.90. The quantitative estimate of drug-likeness (QED) is 0.814. The average molecular weight is 317 g/mol. The Morgan fingerprint density at radius 3 is 2.43 bits per heavy atom. The van der Waals surface area contributed by atoms with Gasteiger partial charge in [0.1, 0.15) is 17.3 Å². The molecule has 2 aromatic rings. The van der Waals surface area contributed by atoms with E-state index in [-0.39, 0.29) is 24.6 Å². The first-order valence-corrected chi connectivity index (χ1v) is 7.08. The van der Waals surface area contributed by atoms with Crippen LogP contribution >= 0.6 is 0 Å². The standard InChI is InChI=1S/C17H16FNO4/c18-12-3-1-4-15(11-12)23-14-9-7-13(8-10-14)19-16(20)5-2-6-17(21)22/h1,3-4,7-11H,2,5-6H2,(H,19,20)(H,21,22). The zero-order valence-electron chi connectivity index (χ0n) is 12.3. The second-order valence-corrected chi connectivity index (χ2v) is 4.88. The fraction of sp³-hybridized carbons (Fsp3) is 0.176. The first kappa shape index (κ1) is 16.5. The SMILES string of the molecule is O=C(O)CCCC(=O)Nc1ccc(Oc2cccc(F)c2)cc1. The zero-order chi connectivity index (χ0) is 16.7. The summed E-state index contributed by atoms with van der Waals surface area (Å²) >= 11 is 0. The predicted octanol–water partition coefficient (Wildman–Crippen LogP) is 3.81. The Kier molecular flexibility index (Phi) is 5.68. The monoisotopic (exact) mass is 317 g/mol. The summed E-state index contributed by atoms with van der Waals surface area (Å²) in [5, 5.41) is 11.2. The number of carbonyl (C=O) groups is 2. The van der Waals surface area contributed by atoms with Crippen molar-refractivity contribution in [2.75, 3.05) is 5.32 Å². The highest BCUT2D eigenvalue weighted by Crippen LogP contribution is 2.23. The Hall–Kier alpha value is -2.89. The van der Waals surface area contributed by atoms with Crippen molar-refractivity contribution in [3.63, 3.8) is 0 Å². The number of carbonyl (C=O) groups excluding carboxylic acids is 1. The van der Waals surface area contributed by atoms with Gasteiger partial charge in [0.25, 0.3) is 0 Å². The number of hydrogen-bond donors (Lipinski definition) is 2. The largest absolute Gasteiger partial charge is 0.481 e. The topological polar surface area (TPSA) is 75.6 Å². The zero-order valence-corrected chi connectivity index (χ0v) is 12.3. The summed E-state index contributed by atoms with van der Waals surface area (Å²) < 4.78 is 18.6. The van der Waals surface area contributed by atoms with E-state index in [1.54, 1.807) is 36.4 Å². The molecule has 0 bridgehead atoms. The molecule has 0 fully saturated rings. The van der Waals surface area contributed by atoms with Crippen LogP contribution < -0.4 is 10.1 Å². The number of carboxylic acids is 1. The minimum absolute atomic E-state index is 0.0339. The Bertz CT molecular complexity index is 685. The van der Waals surface area contributed by atoms with Crippen LogP contribution in [-0.2, 0) is 9.59 Å². The van der Waals surface area contributed by atoms with E-state index in [1.165, 1.54) is 12.1 Å². The van der Waals surface area contributed by atoms with E-state index in [1.807, 2.05) is 0 Å². The number of anilines is 1. The van der Waals surface area contributed by atoms with Crippen LogP contribution in [0.3, 0.4) is 0 Å². The molecular weight excluding hydrogens is 301 g/mol. The molecule has 0 spiro atoms. The molecule has 2 aromatic carbocycles. The van der Waals surface area contributed by atoms with Gasteiger partial charge in [0.2, 0.25) is 5.91 Å². The Morgan fingerprint density at radius 1 is 1.04 bits per heavy atom. The third-order valence-corrected chi connectivity index (χ3v) is 2.96. The number of rotatable bonds is 7. The summed E-state index contributed by atoms with van der Waals surface area (Å²) in [6, 6.07) is 12.4. The van der Waals surface area contributed by atoms with Crippen LogP contribution in [-0.4, -0.2) is 17.0 Å². The number of amides is 1. The smallest absolute Gasteiger partial charge is 0.303 e. The number of benzene rings is 2. The molecule has 6 heteroatoms. The molecule has 0 aliphatic heterocycles. The van der Waals surface area contributed by atoms with Crippen molar-refractivity contribution in [1.29, 1.82) is 0 Å². The summed E-state index contributed by atoms with van der Waals surface area (Å²) in [6.45, 7) is 0. The van der Waals surface area contributed by atoms with Gasteiger partial charge in [0.05, 0.1) is 0 Å². The summed E-state index contributed by atoms with van der Waals surface area (Å²) in [5.41, 5.74) is 0.580. The number of hydrogen-bond acceptors (Lipinski definition) is 3. The molecule has 2 N–H and O–H groups in total. The molecule has 0 aliphatic carbocycles. The molecule has 0 unspecified atom stereocenters. The van der Waals surface area contributed by atoms with E-state index < -0.39 is 5.97 Å². The highest BCUT2D eigenvalue weighted by atomic mass is 19.1. The molecule has 0 radical (unpaired) electrons. The van der Waals surface area contributed by atoms with Crippen LogP contribution in [0.2, 0.25) is 0 Å². The van der Waals surface area contributed by atoms with Crippen LogP contribution in [0.4, 0.5) is 10.1 Å². The number of carboxylic acid groups (broad SMARTS) is 1. The van der Waals surface area contributed by atoms with Crippen molar-refractivity contribution in [2.24, 2.45) is 0 Å². The van der Waals surface area contributed by atoms with Gasteiger partial charge in [-0.05, 0) is 42.8 Å². The lowest BCUT2D eigenvalue weighted by atomic mass is 10.2. The van der Waals surface area contributed by atoms with Gasteiger partial charge in [-0.3, -0.25) is 9.59 Å². The van der Waals surface area contributed by atoms with Gasteiger partial charge in [-0.25, -0.2) is 4.39 Å². The van der Waals surface area contributed by atoms with E-state index in [2.05, 4.69) is 5.32 Å². The molecule has 0 saturated heterocycles. The maximum atomic E-state index is 13.1. The fourth-order valence-electron chi connectivity index (χ4n) is 1.90. The summed E-state index contributed by atoms with van der Waals surface area (Å²) in [6.07, 6.45) is 0.406. The van der Waals surface area contributed by atoms with Gasteiger partial charge < -0.3 is 15.2 Å². The summed E-state index contributed by atoms with van der Waals surface area (Å²) in [4.78, 5) is 22.0. The molecule has 0 aromatic heterocycles. The van der Waals surface area contributed by atoms with Crippen molar-refractivity contribution in [3.8, 4) is 11.5 Å². The van der Waals surface area contributed by atoms with Crippen LogP contribution in [0.25, 0.3) is 0 Å². The van der Waals surface area contributed by atoms with E-state index in [0.717, 1.165) is 0 Å². The highest BCUT2D eigenvalue weighted by Gasteiger charge is 2.05. The van der Waals surface area contributed by atoms with Crippen LogP contribution in [0.5, 0.6) is 11.5 Å². The van der Waals surface area contributed by atoms with Gasteiger partial charge >= 0.3 is 5.97 Å². The highest BCUT2D eigenvalue weighted by molar-refractivity contribution is 5.90. The van der Waals surface area contributed by atoms with Crippen LogP contribution in [0, 0.1) is 5.82 Å². The molecule has 23 heavy (non-hydrogen) atoms. The lowest BCUT2D eigenvalue weighted by Gasteiger charge is -2.08. The third kappa shape index (κ3) is 5.78. The molecule has 1 amide bonds. The van der Waals surface area contributed by atoms with E-state index in [9.17, 15) is 14.0 Å². The van der Waals surface area contributed by atoms with E-state index in [4.69, 9.17) is 9.84 Å². The Balaban J connectivity index is 1.86. The maximum absolute atomic E-state index is 13.1. The lowest BCUT2D eigenvalue weighted by Crippen LogP contribution is -2.11. The molecule has 0 aliphatic rings. The lowest BCUT2D eigenvalue weighted by molar-refractivity contribution is -0.137.